The van der Waals surface area contributed by atoms with Gasteiger partial charge in [0.2, 0.25) is 11.8 Å². The summed E-state index contributed by atoms with van der Waals surface area (Å²) in [4.78, 5) is 14.4. The highest BCUT2D eigenvalue weighted by Crippen LogP contribution is 2.29. The minimum Gasteiger partial charge on any atom is -0.425 e. The number of rotatable bonds is 2. The Morgan fingerprint density at radius 3 is 2.73 bits per heavy atom. The van der Waals surface area contributed by atoms with Gasteiger partial charge in [-0.2, -0.15) is 0 Å². The molecule has 3 rings (SSSR count). The van der Waals surface area contributed by atoms with E-state index in [2.05, 4.69) is 26.1 Å². The minimum atomic E-state index is -0.0357. The number of piperidine rings is 1. The fourth-order valence-corrected chi connectivity index (χ4v) is 3.20. The van der Waals surface area contributed by atoms with Gasteiger partial charge in [0.05, 0.1) is 10.6 Å². The third-order valence-electron chi connectivity index (χ3n) is 3.83. The number of benzene rings is 1. The van der Waals surface area contributed by atoms with Crippen molar-refractivity contribution in [1.82, 2.24) is 15.1 Å². The summed E-state index contributed by atoms with van der Waals surface area (Å²) in [5.41, 5.74) is 0.531. The summed E-state index contributed by atoms with van der Waals surface area (Å²) in [6.45, 7) is 3.10. The van der Waals surface area contributed by atoms with Gasteiger partial charge in [0, 0.05) is 30.4 Å². The SMILES string of the molecule is Cc1nnc(C2CCN(C(=O)c3cc(Br)ccc3Cl)CC2)o1. The molecular formula is C15H15BrClN3O2. The predicted molar refractivity (Wildman–Crippen MR) is 86.1 cm³/mol. The van der Waals surface area contributed by atoms with Crippen LogP contribution in [-0.2, 0) is 0 Å². The smallest absolute Gasteiger partial charge is 0.255 e. The molecule has 1 amide bonds. The average molecular weight is 385 g/mol. The lowest BCUT2D eigenvalue weighted by Gasteiger charge is -2.30. The number of carbonyl (C=O) groups excluding carboxylic acids is 1. The fourth-order valence-electron chi connectivity index (χ4n) is 2.64. The fraction of sp³-hybridized carbons (Fsp3) is 0.400. The molecule has 0 aliphatic carbocycles. The van der Waals surface area contributed by atoms with E-state index in [1.165, 1.54) is 0 Å². The second kappa shape index (κ2) is 6.38. The summed E-state index contributed by atoms with van der Waals surface area (Å²) in [6, 6.07) is 5.31. The van der Waals surface area contributed by atoms with Crippen molar-refractivity contribution < 1.29 is 9.21 Å². The van der Waals surface area contributed by atoms with E-state index >= 15 is 0 Å². The molecule has 1 aromatic heterocycles. The van der Waals surface area contributed by atoms with Crippen molar-refractivity contribution in [2.24, 2.45) is 0 Å². The second-order valence-corrected chi connectivity index (χ2v) is 6.67. The number of carbonyl (C=O) groups is 1. The van der Waals surface area contributed by atoms with Crippen molar-refractivity contribution in [1.29, 1.82) is 0 Å². The quantitative estimate of drug-likeness (QED) is 0.790. The predicted octanol–water partition coefficient (Wildman–Crippen LogP) is 3.81. The van der Waals surface area contributed by atoms with E-state index in [-0.39, 0.29) is 11.8 Å². The summed E-state index contributed by atoms with van der Waals surface area (Å²) < 4.78 is 6.33. The van der Waals surface area contributed by atoms with E-state index in [4.69, 9.17) is 16.0 Å². The summed E-state index contributed by atoms with van der Waals surface area (Å²) in [5.74, 6) is 1.44. The molecule has 0 radical (unpaired) electrons. The molecule has 2 aromatic rings. The Hall–Kier alpha value is -1.40. The molecule has 0 spiro atoms. The Kier molecular flexibility index (Phi) is 4.49. The molecule has 1 aromatic carbocycles. The highest BCUT2D eigenvalue weighted by molar-refractivity contribution is 9.10. The van der Waals surface area contributed by atoms with Gasteiger partial charge >= 0.3 is 0 Å². The zero-order valence-electron chi connectivity index (χ0n) is 12.1. The van der Waals surface area contributed by atoms with Crippen molar-refractivity contribution in [3.63, 3.8) is 0 Å². The van der Waals surface area contributed by atoms with Gasteiger partial charge in [-0.25, -0.2) is 0 Å². The topological polar surface area (TPSA) is 59.2 Å². The number of halogens is 2. The van der Waals surface area contributed by atoms with Gasteiger partial charge in [-0.05, 0) is 31.0 Å². The third-order valence-corrected chi connectivity index (χ3v) is 4.65. The maximum Gasteiger partial charge on any atom is 0.255 e. The maximum atomic E-state index is 12.6. The van der Waals surface area contributed by atoms with E-state index in [1.807, 2.05) is 11.0 Å². The van der Waals surface area contributed by atoms with Crippen LogP contribution in [0, 0.1) is 6.92 Å². The molecule has 1 fully saturated rings. The van der Waals surface area contributed by atoms with E-state index in [0.717, 1.165) is 17.3 Å². The number of aryl methyl sites for hydroxylation is 1. The lowest BCUT2D eigenvalue weighted by Crippen LogP contribution is -2.38. The molecule has 5 nitrogen and oxygen atoms in total. The van der Waals surface area contributed by atoms with Crippen LogP contribution in [0.3, 0.4) is 0 Å². The molecule has 1 aliphatic heterocycles. The van der Waals surface area contributed by atoms with Crippen LogP contribution < -0.4 is 0 Å². The highest BCUT2D eigenvalue weighted by atomic mass is 79.9. The number of hydrogen-bond donors (Lipinski definition) is 0. The molecule has 0 bridgehead atoms. The first-order valence-electron chi connectivity index (χ1n) is 7.09. The van der Waals surface area contributed by atoms with E-state index in [0.29, 0.717) is 35.5 Å². The third kappa shape index (κ3) is 3.17. The zero-order valence-corrected chi connectivity index (χ0v) is 14.4. The van der Waals surface area contributed by atoms with Crippen LogP contribution in [0.2, 0.25) is 5.02 Å². The van der Waals surface area contributed by atoms with Crippen LogP contribution >= 0.6 is 27.5 Å². The highest BCUT2D eigenvalue weighted by Gasteiger charge is 2.28. The number of hydrogen-bond acceptors (Lipinski definition) is 4. The average Bonchev–Trinajstić information content (AvgIpc) is 2.96. The van der Waals surface area contributed by atoms with Crippen molar-refractivity contribution in [2.75, 3.05) is 13.1 Å². The van der Waals surface area contributed by atoms with Crippen molar-refractivity contribution >= 4 is 33.4 Å². The molecular weight excluding hydrogens is 370 g/mol. The van der Waals surface area contributed by atoms with Crippen LogP contribution in [0.15, 0.2) is 27.1 Å². The molecule has 0 unspecified atom stereocenters. The molecule has 0 saturated carbocycles. The van der Waals surface area contributed by atoms with Gasteiger partial charge in [0.15, 0.2) is 0 Å². The first kappa shape index (κ1) is 15.5. The van der Waals surface area contributed by atoms with E-state index < -0.39 is 0 Å². The van der Waals surface area contributed by atoms with E-state index in [1.54, 1.807) is 19.1 Å². The normalized spacial score (nSPS) is 16.0. The first-order valence-corrected chi connectivity index (χ1v) is 8.26. The number of nitrogens with zero attached hydrogens (tertiary/aromatic N) is 3. The maximum absolute atomic E-state index is 12.6. The van der Waals surface area contributed by atoms with Gasteiger partial charge in [-0.1, -0.05) is 27.5 Å². The lowest BCUT2D eigenvalue weighted by molar-refractivity contribution is 0.0706. The van der Waals surface area contributed by atoms with Crippen LogP contribution in [0.25, 0.3) is 0 Å². The van der Waals surface area contributed by atoms with Gasteiger partial charge in [0.1, 0.15) is 0 Å². The van der Waals surface area contributed by atoms with Crippen molar-refractivity contribution in [3.05, 3.63) is 45.0 Å². The largest absolute Gasteiger partial charge is 0.425 e. The number of aromatic nitrogens is 2. The zero-order chi connectivity index (χ0) is 15.7. The number of amides is 1. The molecule has 22 heavy (non-hydrogen) atoms. The van der Waals surface area contributed by atoms with Gasteiger partial charge in [-0.15, -0.1) is 10.2 Å². The Morgan fingerprint density at radius 1 is 1.36 bits per heavy atom. The summed E-state index contributed by atoms with van der Waals surface area (Å²) in [7, 11) is 0. The first-order chi connectivity index (χ1) is 10.5. The number of likely N-dealkylation sites (tertiary alicyclic amines) is 1. The van der Waals surface area contributed by atoms with Crippen LogP contribution in [0.1, 0.15) is 40.9 Å². The molecule has 0 atom stereocenters. The second-order valence-electron chi connectivity index (χ2n) is 5.35. The Morgan fingerprint density at radius 2 is 2.09 bits per heavy atom. The summed E-state index contributed by atoms with van der Waals surface area (Å²) >= 11 is 9.51. The molecule has 1 aliphatic rings. The summed E-state index contributed by atoms with van der Waals surface area (Å²) in [5, 5.41) is 8.42. The lowest BCUT2D eigenvalue weighted by atomic mass is 9.96. The van der Waals surface area contributed by atoms with Crippen LogP contribution in [-0.4, -0.2) is 34.1 Å². The monoisotopic (exact) mass is 383 g/mol. The molecule has 116 valence electrons. The molecule has 1 saturated heterocycles. The minimum absolute atomic E-state index is 0.0357. The van der Waals surface area contributed by atoms with Crippen LogP contribution in [0.5, 0.6) is 0 Å². The molecule has 0 N–H and O–H groups in total. The Balaban J connectivity index is 1.68. The molecule has 7 heteroatoms. The van der Waals surface area contributed by atoms with E-state index in [9.17, 15) is 4.79 Å². The van der Waals surface area contributed by atoms with Crippen LogP contribution in [0.4, 0.5) is 0 Å². The van der Waals surface area contributed by atoms with Gasteiger partial charge in [-0.3, -0.25) is 4.79 Å². The van der Waals surface area contributed by atoms with Crippen molar-refractivity contribution in [2.45, 2.75) is 25.7 Å². The van der Waals surface area contributed by atoms with Gasteiger partial charge in [0.25, 0.3) is 5.91 Å². The Bertz CT molecular complexity index is 696. The standard InChI is InChI=1S/C15H15BrClN3O2/c1-9-18-19-14(22-9)10-4-6-20(7-5-10)15(21)12-8-11(16)2-3-13(12)17/h2-3,8,10H,4-7H2,1H3. The molecule has 2 heterocycles. The van der Waals surface area contributed by atoms with Gasteiger partial charge < -0.3 is 9.32 Å². The van der Waals surface area contributed by atoms with Crippen molar-refractivity contribution in [3.8, 4) is 0 Å². The Labute approximate surface area is 141 Å². The summed E-state index contributed by atoms with van der Waals surface area (Å²) in [6.07, 6.45) is 1.64.